The number of carboxylic acids is 1. The van der Waals surface area contributed by atoms with Crippen molar-refractivity contribution in [2.45, 2.75) is 17.4 Å². The van der Waals surface area contributed by atoms with Gasteiger partial charge in [-0.1, -0.05) is 18.2 Å². The maximum Gasteiger partial charge on any atom is 0.322 e. The molecule has 0 aliphatic carbocycles. The summed E-state index contributed by atoms with van der Waals surface area (Å²) in [6.07, 6.45) is 1.72. The van der Waals surface area contributed by atoms with E-state index in [1.807, 2.05) is 24.3 Å². The first kappa shape index (κ1) is 18.0. The molecule has 2 aromatic carbocycles. The summed E-state index contributed by atoms with van der Waals surface area (Å²) >= 11 is 0. The highest BCUT2D eigenvalue weighted by atomic mass is 32.2. The van der Waals surface area contributed by atoms with E-state index in [4.69, 9.17) is 4.74 Å². The Morgan fingerprint density at radius 1 is 1.19 bits per heavy atom. The average Bonchev–Trinajstić information content (AvgIpc) is 3.04. The van der Waals surface area contributed by atoms with Gasteiger partial charge in [-0.25, -0.2) is 8.42 Å². The van der Waals surface area contributed by atoms with Crippen molar-refractivity contribution in [3.8, 4) is 5.75 Å². The van der Waals surface area contributed by atoms with Crippen LogP contribution in [0.4, 0.5) is 0 Å². The lowest BCUT2D eigenvalue weighted by atomic mass is 10.1. The Morgan fingerprint density at radius 3 is 2.54 bits per heavy atom. The molecule has 26 heavy (non-hydrogen) atoms. The van der Waals surface area contributed by atoms with Crippen molar-refractivity contribution in [2.24, 2.45) is 0 Å². The van der Waals surface area contributed by atoms with Crippen LogP contribution in [-0.2, 0) is 21.2 Å². The maximum absolute atomic E-state index is 12.5. The number of nitrogens with one attached hydrogen (secondary N) is 2. The number of hydrogen-bond donors (Lipinski definition) is 3. The molecule has 1 atom stereocenters. The molecule has 0 saturated carbocycles. The number of benzene rings is 2. The molecule has 3 rings (SSSR count). The molecule has 1 unspecified atom stereocenters. The highest BCUT2D eigenvalue weighted by molar-refractivity contribution is 7.89. The van der Waals surface area contributed by atoms with Gasteiger partial charge >= 0.3 is 5.97 Å². The molecule has 136 valence electrons. The van der Waals surface area contributed by atoms with E-state index in [1.165, 1.54) is 31.4 Å². The maximum atomic E-state index is 12.5. The molecule has 0 fully saturated rings. The van der Waals surface area contributed by atoms with Gasteiger partial charge in [0.1, 0.15) is 11.8 Å². The fourth-order valence-corrected chi connectivity index (χ4v) is 3.90. The number of carboxylic acid groups (broad SMARTS) is 1. The first-order chi connectivity index (χ1) is 12.4. The number of rotatable bonds is 7. The summed E-state index contributed by atoms with van der Waals surface area (Å²) in [6.45, 7) is 0. The van der Waals surface area contributed by atoms with Gasteiger partial charge in [-0.15, -0.1) is 0 Å². The molecule has 0 aliphatic heterocycles. The summed E-state index contributed by atoms with van der Waals surface area (Å²) in [6, 6.07) is 11.9. The van der Waals surface area contributed by atoms with Crippen LogP contribution in [0, 0.1) is 0 Å². The van der Waals surface area contributed by atoms with Crippen molar-refractivity contribution in [1.82, 2.24) is 9.71 Å². The zero-order valence-electron chi connectivity index (χ0n) is 14.0. The van der Waals surface area contributed by atoms with Crippen LogP contribution in [0.3, 0.4) is 0 Å². The summed E-state index contributed by atoms with van der Waals surface area (Å²) in [4.78, 5) is 14.6. The number of H-pyrrole nitrogens is 1. The van der Waals surface area contributed by atoms with Crippen molar-refractivity contribution >= 4 is 26.9 Å². The molecule has 0 saturated heterocycles. The number of methoxy groups -OCH3 is 1. The smallest absolute Gasteiger partial charge is 0.322 e. The number of fused-ring (bicyclic) bond motifs is 1. The van der Waals surface area contributed by atoms with Crippen LogP contribution in [0.2, 0.25) is 0 Å². The molecule has 0 bridgehead atoms. The predicted octanol–water partition coefficient (Wildman–Crippen LogP) is 2.15. The number of carbonyl (C=O) groups is 1. The normalized spacial score (nSPS) is 12.8. The van der Waals surface area contributed by atoms with Crippen LogP contribution in [0.5, 0.6) is 5.75 Å². The van der Waals surface area contributed by atoms with Crippen LogP contribution in [-0.4, -0.2) is 37.6 Å². The summed E-state index contributed by atoms with van der Waals surface area (Å²) in [5.41, 5.74) is 1.59. The highest BCUT2D eigenvalue weighted by Gasteiger charge is 2.26. The van der Waals surface area contributed by atoms with E-state index in [1.54, 1.807) is 6.20 Å². The van der Waals surface area contributed by atoms with Gasteiger partial charge in [0.15, 0.2) is 0 Å². The molecule has 8 heteroatoms. The molecule has 3 N–H and O–H groups in total. The minimum atomic E-state index is -3.98. The van der Waals surface area contributed by atoms with Crippen LogP contribution >= 0.6 is 0 Å². The molecule has 0 spiro atoms. The minimum Gasteiger partial charge on any atom is -0.497 e. The number of aliphatic carboxylic acids is 1. The van der Waals surface area contributed by atoms with Gasteiger partial charge in [0.2, 0.25) is 10.0 Å². The topological polar surface area (TPSA) is 108 Å². The Kier molecular flexibility index (Phi) is 4.97. The Hall–Kier alpha value is -2.84. The van der Waals surface area contributed by atoms with Gasteiger partial charge in [0.05, 0.1) is 12.0 Å². The van der Waals surface area contributed by atoms with Crippen molar-refractivity contribution in [3.05, 3.63) is 60.3 Å². The van der Waals surface area contributed by atoms with Crippen LogP contribution in [0.1, 0.15) is 5.56 Å². The third-order valence-electron chi connectivity index (χ3n) is 4.06. The summed E-state index contributed by atoms with van der Waals surface area (Å²) in [5, 5.41) is 10.3. The number of ether oxygens (including phenoxy) is 1. The van der Waals surface area contributed by atoms with Crippen molar-refractivity contribution in [2.75, 3.05) is 7.11 Å². The van der Waals surface area contributed by atoms with Gasteiger partial charge in [-0.3, -0.25) is 4.79 Å². The lowest BCUT2D eigenvalue weighted by Gasteiger charge is -2.15. The zero-order valence-corrected chi connectivity index (χ0v) is 14.8. The molecule has 0 radical (unpaired) electrons. The van der Waals surface area contributed by atoms with Crippen molar-refractivity contribution in [1.29, 1.82) is 0 Å². The quantitative estimate of drug-likeness (QED) is 0.587. The van der Waals surface area contributed by atoms with Gasteiger partial charge in [0.25, 0.3) is 0 Å². The Balaban J connectivity index is 1.84. The van der Waals surface area contributed by atoms with E-state index in [0.29, 0.717) is 5.75 Å². The van der Waals surface area contributed by atoms with E-state index in [9.17, 15) is 18.3 Å². The number of aromatic amines is 1. The Morgan fingerprint density at radius 2 is 1.88 bits per heavy atom. The second-order valence-corrected chi connectivity index (χ2v) is 7.47. The van der Waals surface area contributed by atoms with Crippen molar-refractivity contribution < 1.29 is 23.1 Å². The van der Waals surface area contributed by atoms with E-state index < -0.39 is 22.0 Å². The molecule has 0 amide bonds. The summed E-state index contributed by atoms with van der Waals surface area (Å²) in [5.74, 6) is -0.732. The molecule has 3 aromatic rings. The van der Waals surface area contributed by atoms with Gasteiger partial charge in [-0.2, -0.15) is 4.72 Å². The van der Waals surface area contributed by atoms with Crippen LogP contribution in [0.15, 0.2) is 59.6 Å². The van der Waals surface area contributed by atoms with Gasteiger partial charge in [0, 0.05) is 23.5 Å². The fraction of sp³-hybridized carbons (Fsp3) is 0.167. The number of aromatic nitrogens is 1. The standard InChI is InChI=1S/C18H18N2O5S/c1-25-13-6-8-14(9-7-13)26(23,24)20-17(18(21)22)10-12-11-19-16-5-3-2-4-15(12)16/h2-9,11,17,19-20H,10H2,1H3,(H,21,22). The van der Waals surface area contributed by atoms with Crippen LogP contribution in [0.25, 0.3) is 10.9 Å². The SMILES string of the molecule is COc1ccc(S(=O)(=O)NC(Cc2c[nH]c3ccccc23)C(=O)O)cc1. The highest BCUT2D eigenvalue weighted by Crippen LogP contribution is 2.20. The molecular weight excluding hydrogens is 356 g/mol. The van der Waals surface area contributed by atoms with Gasteiger partial charge in [-0.05, 0) is 35.9 Å². The largest absolute Gasteiger partial charge is 0.497 e. The van der Waals surface area contributed by atoms with E-state index in [-0.39, 0.29) is 11.3 Å². The molecule has 7 nitrogen and oxygen atoms in total. The molecule has 1 aromatic heterocycles. The number of sulfonamides is 1. The monoisotopic (exact) mass is 374 g/mol. The van der Waals surface area contributed by atoms with E-state index in [0.717, 1.165) is 16.5 Å². The second-order valence-electron chi connectivity index (χ2n) is 5.75. The molecule has 0 aliphatic rings. The lowest BCUT2D eigenvalue weighted by Crippen LogP contribution is -2.42. The zero-order chi connectivity index (χ0) is 18.7. The van der Waals surface area contributed by atoms with E-state index >= 15 is 0 Å². The first-order valence-electron chi connectivity index (χ1n) is 7.85. The second kappa shape index (κ2) is 7.19. The lowest BCUT2D eigenvalue weighted by molar-refractivity contribution is -0.138. The number of para-hydroxylation sites is 1. The predicted molar refractivity (Wildman–Crippen MR) is 96.7 cm³/mol. The Labute approximate surface area is 150 Å². The van der Waals surface area contributed by atoms with Crippen LogP contribution < -0.4 is 9.46 Å². The molecular formula is C18H18N2O5S. The van der Waals surface area contributed by atoms with Gasteiger partial charge < -0.3 is 14.8 Å². The Bertz CT molecular complexity index is 1030. The summed E-state index contributed by atoms with van der Waals surface area (Å²) in [7, 11) is -2.51. The third-order valence-corrected chi connectivity index (χ3v) is 5.55. The summed E-state index contributed by atoms with van der Waals surface area (Å²) < 4.78 is 32.3. The minimum absolute atomic E-state index is 0.0226. The third kappa shape index (κ3) is 3.71. The van der Waals surface area contributed by atoms with E-state index in [2.05, 4.69) is 9.71 Å². The fourth-order valence-electron chi connectivity index (χ4n) is 2.71. The molecule has 1 heterocycles. The number of hydrogen-bond acceptors (Lipinski definition) is 4. The first-order valence-corrected chi connectivity index (χ1v) is 9.33. The van der Waals surface area contributed by atoms with Crippen molar-refractivity contribution in [3.63, 3.8) is 0 Å². The average molecular weight is 374 g/mol.